The Kier molecular flexibility index (Phi) is 4.77. The zero-order chi connectivity index (χ0) is 20.5. The number of aromatic nitrogens is 3. The number of likely N-dealkylation sites (N-methyl/N-ethyl adjacent to an activating group) is 1. The highest BCUT2D eigenvalue weighted by molar-refractivity contribution is 5.94. The number of carbonyl (C=O) groups excluding carboxylic acids is 1. The predicted octanol–water partition coefficient (Wildman–Crippen LogP) is 3.50. The van der Waals surface area contributed by atoms with Crippen molar-refractivity contribution in [3.8, 4) is 22.5 Å². The molecule has 0 unspecified atom stereocenters. The number of amides is 1. The Balaban J connectivity index is 1.58. The van der Waals surface area contributed by atoms with Crippen molar-refractivity contribution in [2.24, 2.45) is 0 Å². The van der Waals surface area contributed by atoms with Gasteiger partial charge < -0.3 is 10.2 Å². The second-order valence-corrected chi connectivity index (χ2v) is 7.78. The molecule has 30 heavy (non-hydrogen) atoms. The second-order valence-electron chi connectivity index (χ2n) is 7.78. The van der Waals surface area contributed by atoms with Crippen LogP contribution in [0.25, 0.3) is 28.2 Å². The van der Waals surface area contributed by atoms with Gasteiger partial charge in [0.05, 0.1) is 11.4 Å². The largest absolute Gasteiger partial charge is 0.347 e. The number of benzene rings is 2. The zero-order valence-electron chi connectivity index (χ0n) is 16.8. The van der Waals surface area contributed by atoms with E-state index in [9.17, 15) is 4.79 Å². The van der Waals surface area contributed by atoms with Crippen molar-refractivity contribution in [1.29, 1.82) is 0 Å². The van der Waals surface area contributed by atoms with Gasteiger partial charge in [0, 0.05) is 29.8 Å². The normalized spacial score (nSPS) is 16.8. The van der Waals surface area contributed by atoms with Gasteiger partial charge in [0.1, 0.15) is 0 Å². The molecule has 1 N–H and O–H groups in total. The van der Waals surface area contributed by atoms with Crippen LogP contribution in [0.5, 0.6) is 0 Å². The smallest absolute Gasteiger partial charge is 0.272 e. The molecule has 6 nitrogen and oxygen atoms in total. The van der Waals surface area contributed by atoms with E-state index in [1.54, 1.807) is 10.6 Å². The van der Waals surface area contributed by atoms with Crippen LogP contribution in [0.3, 0.4) is 0 Å². The minimum atomic E-state index is -0.152. The maximum Gasteiger partial charge on any atom is 0.272 e. The van der Waals surface area contributed by atoms with Crippen LogP contribution in [0, 0.1) is 0 Å². The van der Waals surface area contributed by atoms with Crippen molar-refractivity contribution in [3.05, 3.63) is 78.5 Å². The third kappa shape index (κ3) is 3.57. The molecule has 6 heteroatoms. The van der Waals surface area contributed by atoms with Gasteiger partial charge in [-0.15, -0.1) is 0 Å². The van der Waals surface area contributed by atoms with Crippen molar-refractivity contribution in [2.75, 3.05) is 20.1 Å². The summed E-state index contributed by atoms with van der Waals surface area (Å²) in [4.78, 5) is 19.9. The first kappa shape index (κ1) is 18.5. The summed E-state index contributed by atoms with van der Waals surface area (Å²) in [6.45, 7) is 1.86. The van der Waals surface area contributed by atoms with Crippen molar-refractivity contribution in [3.63, 3.8) is 0 Å². The van der Waals surface area contributed by atoms with Crippen LogP contribution < -0.4 is 5.32 Å². The fraction of sp³-hybridized carbons (Fsp3) is 0.208. The van der Waals surface area contributed by atoms with E-state index >= 15 is 0 Å². The highest BCUT2D eigenvalue weighted by Crippen LogP contribution is 2.26. The van der Waals surface area contributed by atoms with Crippen LogP contribution in [0.2, 0.25) is 0 Å². The van der Waals surface area contributed by atoms with E-state index in [1.165, 1.54) is 0 Å². The Morgan fingerprint density at radius 3 is 2.37 bits per heavy atom. The third-order valence-electron chi connectivity index (χ3n) is 5.53. The maximum atomic E-state index is 12.8. The Bertz CT molecular complexity index is 1190. The van der Waals surface area contributed by atoms with Gasteiger partial charge in [0.25, 0.3) is 5.91 Å². The summed E-state index contributed by atoms with van der Waals surface area (Å²) < 4.78 is 1.76. The van der Waals surface area contributed by atoms with E-state index in [0.717, 1.165) is 42.0 Å². The van der Waals surface area contributed by atoms with Crippen LogP contribution in [-0.4, -0.2) is 51.6 Å². The van der Waals surface area contributed by atoms with Gasteiger partial charge >= 0.3 is 0 Å². The molecule has 0 radical (unpaired) electrons. The van der Waals surface area contributed by atoms with Crippen LogP contribution in [-0.2, 0) is 0 Å². The number of carbonyl (C=O) groups is 1. The highest BCUT2D eigenvalue weighted by Gasteiger charge is 2.23. The number of nitrogens with zero attached hydrogens (tertiary/aromatic N) is 4. The quantitative estimate of drug-likeness (QED) is 0.573. The Hall–Kier alpha value is -3.51. The van der Waals surface area contributed by atoms with Gasteiger partial charge in [-0.2, -0.15) is 5.10 Å². The van der Waals surface area contributed by atoms with E-state index in [-0.39, 0.29) is 11.9 Å². The molecule has 2 aromatic carbocycles. The van der Waals surface area contributed by atoms with Gasteiger partial charge in [-0.05, 0) is 26.1 Å². The Morgan fingerprint density at radius 1 is 1.00 bits per heavy atom. The van der Waals surface area contributed by atoms with Crippen molar-refractivity contribution in [2.45, 2.75) is 12.5 Å². The van der Waals surface area contributed by atoms with Gasteiger partial charge in [-0.3, -0.25) is 4.79 Å². The van der Waals surface area contributed by atoms with Gasteiger partial charge in [0.2, 0.25) is 0 Å². The fourth-order valence-electron chi connectivity index (χ4n) is 3.97. The van der Waals surface area contributed by atoms with Gasteiger partial charge in [-0.25, -0.2) is 9.50 Å². The first-order chi connectivity index (χ1) is 14.7. The van der Waals surface area contributed by atoms with E-state index in [1.807, 2.05) is 66.7 Å². The average molecular weight is 397 g/mol. The number of nitrogens with one attached hydrogen (secondary N) is 1. The van der Waals surface area contributed by atoms with E-state index in [0.29, 0.717) is 11.3 Å². The summed E-state index contributed by atoms with van der Waals surface area (Å²) in [5, 5.41) is 7.72. The lowest BCUT2D eigenvalue weighted by molar-refractivity contribution is 0.0933. The molecule has 1 amide bonds. The van der Waals surface area contributed by atoms with E-state index < -0.39 is 0 Å². The Labute approximate surface area is 175 Å². The first-order valence-corrected chi connectivity index (χ1v) is 10.2. The topological polar surface area (TPSA) is 62.5 Å². The molecule has 4 aromatic rings. The molecule has 150 valence electrons. The fourth-order valence-corrected chi connectivity index (χ4v) is 3.97. The lowest BCUT2D eigenvalue weighted by Crippen LogP contribution is -2.36. The molecule has 1 aliphatic heterocycles. The van der Waals surface area contributed by atoms with E-state index in [4.69, 9.17) is 4.98 Å². The molecule has 0 spiro atoms. The van der Waals surface area contributed by atoms with Crippen LogP contribution >= 0.6 is 0 Å². The Morgan fingerprint density at radius 2 is 1.70 bits per heavy atom. The summed E-state index contributed by atoms with van der Waals surface area (Å²) in [5.74, 6) is -0.152. The lowest BCUT2D eigenvalue weighted by atomic mass is 10.1. The second kappa shape index (κ2) is 7.72. The summed E-state index contributed by atoms with van der Waals surface area (Å²) in [5.41, 5.74) is 4.85. The van der Waals surface area contributed by atoms with Gasteiger partial charge in [-0.1, -0.05) is 60.7 Å². The summed E-state index contributed by atoms with van der Waals surface area (Å²) >= 11 is 0. The maximum absolute atomic E-state index is 12.8. The summed E-state index contributed by atoms with van der Waals surface area (Å²) in [6, 6.07) is 24.1. The van der Waals surface area contributed by atoms with Crippen LogP contribution in [0.15, 0.2) is 72.8 Å². The number of rotatable bonds is 4. The predicted molar refractivity (Wildman–Crippen MR) is 117 cm³/mol. The number of hydrogen-bond donors (Lipinski definition) is 1. The monoisotopic (exact) mass is 397 g/mol. The molecular formula is C24H23N5O. The molecule has 0 bridgehead atoms. The molecule has 1 fully saturated rings. The molecule has 1 aliphatic rings. The lowest BCUT2D eigenvalue weighted by Gasteiger charge is -2.11. The molecule has 0 aliphatic carbocycles. The molecule has 0 saturated carbocycles. The zero-order valence-corrected chi connectivity index (χ0v) is 16.8. The standard InChI is InChI=1S/C24H23N5O/c1-28-13-12-19(16-28)25-24(30)21-15-23-26-20(17-8-4-2-5-9-17)14-22(29(23)27-21)18-10-6-3-7-11-18/h2-11,14-15,19H,12-13,16H2,1H3,(H,25,30)/t19-/m0/s1. The van der Waals surface area contributed by atoms with E-state index in [2.05, 4.69) is 22.4 Å². The molecule has 1 atom stereocenters. The van der Waals surface area contributed by atoms with Crippen molar-refractivity contribution < 1.29 is 4.79 Å². The van der Waals surface area contributed by atoms with Crippen LogP contribution in [0.4, 0.5) is 0 Å². The molecule has 5 rings (SSSR count). The van der Waals surface area contributed by atoms with Crippen LogP contribution in [0.1, 0.15) is 16.9 Å². The summed E-state index contributed by atoms with van der Waals surface area (Å²) in [6.07, 6.45) is 0.960. The molecule has 2 aromatic heterocycles. The highest BCUT2D eigenvalue weighted by atomic mass is 16.2. The third-order valence-corrected chi connectivity index (χ3v) is 5.53. The SMILES string of the molecule is CN1CC[C@H](NC(=O)c2cc3nc(-c4ccccc4)cc(-c4ccccc4)n3n2)C1. The molecular weight excluding hydrogens is 374 g/mol. The van der Waals surface area contributed by atoms with Gasteiger partial charge in [0.15, 0.2) is 11.3 Å². The minimum Gasteiger partial charge on any atom is -0.347 e. The number of hydrogen-bond acceptors (Lipinski definition) is 4. The minimum absolute atomic E-state index is 0.152. The number of likely N-dealkylation sites (tertiary alicyclic amines) is 1. The average Bonchev–Trinajstić information content (AvgIpc) is 3.40. The number of fused-ring (bicyclic) bond motifs is 1. The first-order valence-electron chi connectivity index (χ1n) is 10.2. The molecule has 3 heterocycles. The molecule has 1 saturated heterocycles. The van der Waals surface area contributed by atoms with Crippen molar-refractivity contribution in [1.82, 2.24) is 24.8 Å². The summed E-state index contributed by atoms with van der Waals surface area (Å²) in [7, 11) is 2.07. The van der Waals surface area contributed by atoms with Crippen molar-refractivity contribution >= 4 is 11.6 Å².